The van der Waals surface area contributed by atoms with Crippen LogP contribution in [0.4, 0.5) is 11.4 Å². The Bertz CT molecular complexity index is 1010. The number of nitrogens with zero attached hydrogens (tertiary/aromatic N) is 1. The molecule has 2 amide bonds. The van der Waals surface area contributed by atoms with Crippen LogP contribution in [0.15, 0.2) is 88.7 Å². The number of hydrogen-bond acceptors (Lipinski definition) is 4. The van der Waals surface area contributed by atoms with E-state index < -0.39 is 0 Å². The lowest BCUT2D eigenvalue weighted by molar-refractivity contribution is -0.123. The van der Waals surface area contributed by atoms with Crippen LogP contribution in [-0.2, 0) is 9.59 Å². The lowest BCUT2D eigenvalue weighted by Gasteiger charge is -2.28. The molecule has 0 aromatic heterocycles. The normalized spacial score (nSPS) is 12.9. The molecule has 3 aromatic carbocycles. The van der Waals surface area contributed by atoms with Gasteiger partial charge in [-0.25, -0.2) is 0 Å². The second kappa shape index (κ2) is 8.19. The Labute approximate surface area is 167 Å². The molecule has 5 nitrogen and oxygen atoms in total. The van der Waals surface area contributed by atoms with E-state index in [1.165, 1.54) is 4.90 Å². The number of para-hydroxylation sites is 3. The summed E-state index contributed by atoms with van der Waals surface area (Å²) in [7, 11) is 0. The van der Waals surface area contributed by atoms with Gasteiger partial charge in [0.25, 0.3) is 5.91 Å². The zero-order valence-electron chi connectivity index (χ0n) is 15.0. The second-order valence-corrected chi connectivity index (χ2v) is 7.31. The van der Waals surface area contributed by atoms with Gasteiger partial charge < -0.3 is 10.1 Å². The van der Waals surface area contributed by atoms with Crippen molar-refractivity contribution in [2.75, 3.05) is 23.4 Å². The summed E-state index contributed by atoms with van der Waals surface area (Å²) < 4.78 is 5.43. The first kappa shape index (κ1) is 18.1. The van der Waals surface area contributed by atoms with Gasteiger partial charge in [-0.3, -0.25) is 14.5 Å². The van der Waals surface area contributed by atoms with E-state index in [0.29, 0.717) is 11.4 Å². The molecule has 0 saturated heterocycles. The van der Waals surface area contributed by atoms with Crippen LogP contribution in [0.2, 0.25) is 0 Å². The van der Waals surface area contributed by atoms with Crippen LogP contribution in [0, 0.1) is 0 Å². The number of fused-ring (bicyclic) bond motifs is 1. The third-order valence-corrected chi connectivity index (χ3v) is 5.33. The fourth-order valence-corrected chi connectivity index (χ4v) is 3.86. The first-order valence-corrected chi connectivity index (χ1v) is 9.66. The van der Waals surface area contributed by atoms with Crippen LogP contribution in [0.5, 0.6) is 5.75 Å². The number of benzene rings is 3. The van der Waals surface area contributed by atoms with Crippen LogP contribution in [-0.4, -0.2) is 25.0 Å². The number of nitrogens with one attached hydrogen (secondary N) is 1. The summed E-state index contributed by atoms with van der Waals surface area (Å²) in [6.07, 6.45) is 0. The van der Waals surface area contributed by atoms with E-state index in [9.17, 15) is 9.59 Å². The molecule has 140 valence electrons. The third-order valence-electron chi connectivity index (χ3n) is 4.24. The zero-order valence-corrected chi connectivity index (χ0v) is 15.8. The lowest BCUT2D eigenvalue weighted by Crippen LogP contribution is -2.43. The van der Waals surface area contributed by atoms with Crippen LogP contribution < -0.4 is 15.0 Å². The van der Waals surface area contributed by atoms with Gasteiger partial charge in [0.15, 0.2) is 6.61 Å². The van der Waals surface area contributed by atoms with Gasteiger partial charge in [0.05, 0.1) is 11.4 Å². The molecule has 0 saturated carbocycles. The Kier molecular flexibility index (Phi) is 5.30. The van der Waals surface area contributed by atoms with Gasteiger partial charge in [-0.1, -0.05) is 54.2 Å². The predicted molar refractivity (Wildman–Crippen MR) is 110 cm³/mol. The number of hydrogen-bond donors (Lipinski definition) is 1. The zero-order chi connectivity index (χ0) is 19.3. The highest BCUT2D eigenvalue weighted by atomic mass is 32.2. The molecule has 0 unspecified atom stereocenters. The molecule has 0 spiro atoms. The number of rotatable bonds is 5. The quantitative estimate of drug-likeness (QED) is 0.709. The summed E-state index contributed by atoms with van der Waals surface area (Å²) in [6.45, 7) is -0.131. The van der Waals surface area contributed by atoms with Crippen molar-refractivity contribution in [2.24, 2.45) is 0 Å². The van der Waals surface area contributed by atoms with E-state index in [4.69, 9.17) is 4.74 Å². The smallest absolute Gasteiger partial charge is 0.265 e. The Morgan fingerprint density at radius 1 is 0.964 bits per heavy atom. The van der Waals surface area contributed by atoms with Crippen LogP contribution in [0.25, 0.3) is 0 Å². The van der Waals surface area contributed by atoms with Gasteiger partial charge in [0.2, 0.25) is 5.91 Å². The molecule has 0 radical (unpaired) electrons. The molecule has 6 heteroatoms. The van der Waals surface area contributed by atoms with E-state index >= 15 is 0 Å². The van der Waals surface area contributed by atoms with Gasteiger partial charge in [-0.05, 0) is 36.4 Å². The number of ether oxygens (including phenoxy) is 1. The minimum atomic E-state index is -0.258. The average molecular weight is 390 g/mol. The maximum Gasteiger partial charge on any atom is 0.265 e. The van der Waals surface area contributed by atoms with Gasteiger partial charge >= 0.3 is 0 Å². The van der Waals surface area contributed by atoms with Crippen LogP contribution in [0.1, 0.15) is 0 Å². The monoisotopic (exact) mass is 390 g/mol. The minimum Gasteiger partial charge on any atom is -0.482 e. The summed E-state index contributed by atoms with van der Waals surface area (Å²) in [6, 6.07) is 24.8. The average Bonchev–Trinajstić information content (AvgIpc) is 2.72. The molecule has 1 heterocycles. The second-order valence-electron chi connectivity index (χ2n) is 6.20. The summed E-state index contributed by atoms with van der Waals surface area (Å²) in [5, 5.41) is 2.93. The Morgan fingerprint density at radius 2 is 1.68 bits per heavy atom. The van der Waals surface area contributed by atoms with Gasteiger partial charge in [0, 0.05) is 9.79 Å². The first-order chi connectivity index (χ1) is 13.7. The molecule has 28 heavy (non-hydrogen) atoms. The van der Waals surface area contributed by atoms with Gasteiger partial charge in [-0.2, -0.15) is 0 Å². The Morgan fingerprint density at radius 3 is 2.54 bits per heavy atom. The van der Waals surface area contributed by atoms with Crippen molar-refractivity contribution in [2.45, 2.75) is 9.79 Å². The molecule has 1 N–H and O–H groups in total. The van der Waals surface area contributed by atoms with Crippen molar-refractivity contribution in [3.63, 3.8) is 0 Å². The maximum absolute atomic E-state index is 12.7. The van der Waals surface area contributed by atoms with Crippen molar-refractivity contribution >= 4 is 35.0 Å². The number of anilines is 2. The molecular formula is C22H18N2O3S. The fourth-order valence-electron chi connectivity index (χ4n) is 2.94. The largest absolute Gasteiger partial charge is 0.482 e. The standard InChI is InChI=1S/C22H18N2O3S/c25-21(14-24-18-11-5-6-12-19(18)27-15-22(24)26)23-17-10-4-7-13-20(17)28-16-8-2-1-3-9-16/h1-13H,14-15H2,(H,23,25). The molecule has 0 bridgehead atoms. The maximum atomic E-state index is 12.7. The predicted octanol–water partition coefficient (Wildman–Crippen LogP) is 4.20. The van der Waals surface area contributed by atoms with E-state index in [1.807, 2.05) is 66.7 Å². The molecule has 3 aromatic rings. The van der Waals surface area contributed by atoms with Crippen molar-refractivity contribution < 1.29 is 14.3 Å². The highest BCUT2D eigenvalue weighted by molar-refractivity contribution is 7.99. The molecular weight excluding hydrogens is 372 g/mol. The first-order valence-electron chi connectivity index (χ1n) is 8.85. The van der Waals surface area contributed by atoms with Gasteiger partial charge in [0.1, 0.15) is 12.3 Å². The topological polar surface area (TPSA) is 58.6 Å². The van der Waals surface area contributed by atoms with Gasteiger partial charge in [-0.15, -0.1) is 0 Å². The lowest BCUT2D eigenvalue weighted by atomic mass is 10.2. The molecule has 4 rings (SSSR count). The molecule has 0 aliphatic carbocycles. The van der Waals surface area contributed by atoms with E-state index in [2.05, 4.69) is 5.32 Å². The van der Waals surface area contributed by atoms with Crippen molar-refractivity contribution in [3.8, 4) is 5.75 Å². The SMILES string of the molecule is O=C(CN1C(=O)COc2ccccc21)Nc1ccccc1Sc1ccccc1. The fraction of sp³-hybridized carbons (Fsp3) is 0.0909. The summed E-state index contributed by atoms with van der Waals surface area (Å²) >= 11 is 1.58. The van der Waals surface area contributed by atoms with Crippen molar-refractivity contribution in [3.05, 3.63) is 78.9 Å². The van der Waals surface area contributed by atoms with Crippen molar-refractivity contribution in [1.29, 1.82) is 0 Å². The Balaban J connectivity index is 1.50. The molecule has 1 aliphatic rings. The number of carbonyl (C=O) groups is 2. The molecule has 0 fully saturated rings. The molecule has 0 atom stereocenters. The van der Waals surface area contributed by atoms with E-state index in [-0.39, 0.29) is 25.0 Å². The summed E-state index contributed by atoms with van der Waals surface area (Å²) in [4.78, 5) is 28.4. The van der Waals surface area contributed by atoms with E-state index in [0.717, 1.165) is 15.5 Å². The van der Waals surface area contributed by atoms with Crippen LogP contribution >= 0.6 is 11.8 Å². The van der Waals surface area contributed by atoms with Crippen molar-refractivity contribution in [1.82, 2.24) is 0 Å². The van der Waals surface area contributed by atoms with E-state index in [1.54, 1.807) is 23.9 Å². The Hall–Kier alpha value is -3.25. The molecule has 1 aliphatic heterocycles. The highest BCUT2D eigenvalue weighted by Gasteiger charge is 2.27. The number of carbonyl (C=O) groups excluding carboxylic acids is 2. The summed E-state index contributed by atoms with van der Waals surface area (Å²) in [5.41, 5.74) is 1.33. The number of amides is 2. The van der Waals surface area contributed by atoms with Crippen LogP contribution in [0.3, 0.4) is 0 Å². The third kappa shape index (κ3) is 4.02. The highest BCUT2D eigenvalue weighted by Crippen LogP contribution is 2.34. The minimum absolute atomic E-state index is 0.0647. The summed E-state index contributed by atoms with van der Waals surface area (Å²) in [5.74, 6) is 0.113.